The average Bonchev–Trinajstić information content (AvgIpc) is 2.77. The Morgan fingerprint density at radius 1 is 1.57 bits per heavy atom. The Morgan fingerprint density at radius 3 is 3.00 bits per heavy atom. The number of hydrogen-bond acceptors (Lipinski definition) is 3. The Morgan fingerprint density at radius 2 is 2.43 bits per heavy atom. The van der Waals surface area contributed by atoms with Crippen molar-refractivity contribution >= 4 is 11.3 Å². The van der Waals surface area contributed by atoms with E-state index in [4.69, 9.17) is 0 Å². The Labute approximate surface area is 89.0 Å². The molecule has 0 spiro atoms. The van der Waals surface area contributed by atoms with Crippen LogP contribution < -0.4 is 5.32 Å². The van der Waals surface area contributed by atoms with Crippen molar-refractivity contribution in [1.82, 2.24) is 5.32 Å². The van der Waals surface area contributed by atoms with E-state index in [2.05, 4.69) is 29.8 Å². The van der Waals surface area contributed by atoms with E-state index in [1.54, 1.807) is 11.3 Å². The third-order valence-electron chi connectivity index (χ3n) is 2.91. The summed E-state index contributed by atoms with van der Waals surface area (Å²) in [6, 6.07) is 4.88. The summed E-state index contributed by atoms with van der Waals surface area (Å²) >= 11 is 1.77. The van der Waals surface area contributed by atoms with Crippen LogP contribution in [0.15, 0.2) is 17.5 Å². The topological polar surface area (TPSA) is 32.3 Å². The second kappa shape index (κ2) is 4.43. The Kier molecular flexibility index (Phi) is 3.21. The summed E-state index contributed by atoms with van der Waals surface area (Å²) in [4.78, 5) is 1.35. The molecule has 1 heterocycles. The molecule has 1 aromatic rings. The Hall–Kier alpha value is -0.380. The van der Waals surface area contributed by atoms with Gasteiger partial charge in [-0.3, -0.25) is 0 Å². The molecule has 1 aromatic heterocycles. The first-order valence-electron chi connectivity index (χ1n) is 5.25. The molecule has 3 heteroatoms. The Balaban J connectivity index is 1.91. The highest BCUT2D eigenvalue weighted by atomic mass is 32.1. The average molecular weight is 211 g/mol. The lowest BCUT2D eigenvalue weighted by Gasteiger charge is -2.21. The normalized spacial score (nSPS) is 29.3. The fourth-order valence-electron chi connectivity index (χ4n) is 2.08. The van der Waals surface area contributed by atoms with E-state index >= 15 is 0 Å². The molecule has 0 saturated heterocycles. The minimum atomic E-state index is -0.141. The minimum absolute atomic E-state index is 0.141. The van der Waals surface area contributed by atoms with E-state index in [1.165, 1.54) is 4.88 Å². The van der Waals surface area contributed by atoms with E-state index in [-0.39, 0.29) is 6.10 Å². The van der Waals surface area contributed by atoms with Gasteiger partial charge in [0.05, 0.1) is 6.10 Å². The van der Waals surface area contributed by atoms with Crippen molar-refractivity contribution in [3.63, 3.8) is 0 Å². The van der Waals surface area contributed by atoms with Crippen molar-refractivity contribution in [3.05, 3.63) is 22.4 Å². The van der Waals surface area contributed by atoms with Crippen molar-refractivity contribution in [2.24, 2.45) is 0 Å². The summed E-state index contributed by atoms with van der Waals surface area (Å²) in [5.41, 5.74) is 0. The Bertz CT molecular complexity index is 273. The SMILES string of the molecule is C[C@@H](NC1CCCC1O)c1cccs1. The van der Waals surface area contributed by atoms with Gasteiger partial charge in [-0.2, -0.15) is 0 Å². The molecule has 2 nitrogen and oxygen atoms in total. The number of rotatable bonds is 3. The number of thiophene rings is 1. The second-order valence-electron chi connectivity index (χ2n) is 4.01. The van der Waals surface area contributed by atoms with Gasteiger partial charge in [0.25, 0.3) is 0 Å². The van der Waals surface area contributed by atoms with Crippen molar-refractivity contribution in [1.29, 1.82) is 0 Å². The highest BCUT2D eigenvalue weighted by Gasteiger charge is 2.26. The molecule has 0 aliphatic heterocycles. The van der Waals surface area contributed by atoms with Gasteiger partial charge in [-0.25, -0.2) is 0 Å². The fourth-order valence-corrected chi connectivity index (χ4v) is 2.82. The first-order valence-corrected chi connectivity index (χ1v) is 6.13. The molecule has 78 valence electrons. The molecular formula is C11H17NOS. The molecule has 2 unspecified atom stereocenters. The minimum Gasteiger partial charge on any atom is -0.392 e. The lowest BCUT2D eigenvalue weighted by molar-refractivity contribution is 0.144. The van der Waals surface area contributed by atoms with E-state index in [0.29, 0.717) is 12.1 Å². The molecule has 1 fully saturated rings. The molecular weight excluding hydrogens is 194 g/mol. The zero-order chi connectivity index (χ0) is 9.97. The smallest absolute Gasteiger partial charge is 0.0693 e. The van der Waals surface area contributed by atoms with Crippen molar-refractivity contribution < 1.29 is 5.11 Å². The van der Waals surface area contributed by atoms with Crippen molar-refractivity contribution in [2.75, 3.05) is 0 Å². The van der Waals surface area contributed by atoms with E-state index in [9.17, 15) is 5.11 Å². The first-order chi connectivity index (χ1) is 6.77. The lowest BCUT2D eigenvalue weighted by atomic mass is 10.1. The maximum absolute atomic E-state index is 9.68. The monoisotopic (exact) mass is 211 g/mol. The molecule has 0 radical (unpaired) electrons. The summed E-state index contributed by atoms with van der Waals surface area (Å²) < 4.78 is 0. The molecule has 2 N–H and O–H groups in total. The van der Waals surface area contributed by atoms with Gasteiger partial charge >= 0.3 is 0 Å². The van der Waals surface area contributed by atoms with Crippen LogP contribution in [0.1, 0.15) is 37.1 Å². The quantitative estimate of drug-likeness (QED) is 0.804. The van der Waals surface area contributed by atoms with Crippen LogP contribution in [0, 0.1) is 0 Å². The molecule has 14 heavy (non-hydrogen) atoms. The van der Waals surface area contributed by atoms with E-state index < -0.39 is 0 Å². The van der Waals surface area contributed by atoms with Crippen molar-refractivity contribution in [2.45, 2.75) is 44.4 Å². The van der Waals surface area contributed by atoms with Gasteiger partial charge < -0.3 is 10.4 Å². The molecule has 3 atom stereocenters. The summed E-state index contributed by atoms with van der Waals surface area (Å²) in [6.07, 6.45) is 3.07. The predicted octanol–water partition coefficient (Wildman–Crippen LogP) is 2.31. The van der Waals surface area contributed by atoms with Gasteiger partial charge in [0.15, 0.2) is 0 Å². The number of nitrogens with one attached hydrogen (secondary N) is 1. The van der Waals surface area contributed by atoms with Crippen LogP contribution in [-0.4, -0.2) is 17.3 Å². The van der Waals surface area contributed by atoms with Crippen LogP contribution in [-0.2, 0) is 0 Å². The summed E-state index contributed by atoms with van der Waals surface area (Å²) in [6.45, 7) is 2.16. The summed E-state index contributed by atoms with van der Waals surface area (Å²) in [5.74, 6) is 0. The number of aliphatic hydroxyl groups excluding tert-OH is 1. The molecule has 0 bridgehead atoms. The molecule has 1 saturated carbocycles. The van der Waals surface area contributed by atoms with E-state index in [0.717, 1.165) is 19.3 Å². The summed E-state index contributed by atoms with van der Waals surface area (Å²) in [7, 11) is 0. The molecule has 1 aliphatic carbocycles. The van der Waals surface area contributed by atoms with Gasteiger partial charge in [-0.05, 0) is 37.6 Å². The third-order valence-corrected chi connectivity index (χ3v) is 3.97. The molecule has 1 aliphatic rings. The molecule has 2 rings (SSSR count). The largest absolute Gasteiger partial charge is 0.392 e. The van der Waals surface area contributed by atoms with E-state index in [1.807, 2.05) is 0 Å². The van der Waals surface area contributed by atoms with Gasteiger partial charge in [0, 0.05) is 17.0 Å². The zero-order valence-electron chi connectivity index (χ0n) is 8.44. The lowest BCUT2D eigenvalue weighted by Crippen LogP contribution is -2.36. The third kappa shape index (κ3) is 2.16. The fraction of sp³-hybridized carbons (Fsp3) is 0.636. The second-order valence-corrected chi connectivity index (χ2v) is 4.99. The van der Waals surface area contributed by atoms with Gasteiger partial charge in [0.1, 0.15) is 0 Å². The standard InChI is InChI=1S/C11H17NOS/c1-8(11-6-3-7-14-11)12-9-4-2-5-10(9)13/h3,6-10,12-13H,2,4-5H2,1H3/t8-,9?,10?/m1/s1. The van der Waals surface area contributed by atoms with Crippen LogP contribution in [0.2, 0.25) is 0 Å². The number of aliphatic hydroxyl groups is 1. The van der Waals surface area contributed by atoms with Gasteiger partial charge in [0.2, 0.25) is 0 Å². The molecule has 0 amide bonds. The number of hydrogen-bond donors (Lipinski definition) is 2. The maximum Gasteiger partial charge on any atom is 0.0693 e. The van der Waals surface area contributed by atoms with Crippen LogP contribution >= 0.6 is 11.3 Å². The van der Waals surface area contributed by atoms with Crippen LogP contribution in [0.4, 0.5) is 0 Å². The highest BCUT2D eigenvalue weighted by molar-refractivity contribution is 7.10. The van der Waals surface area contributed by atoms with Crippen molar-refractivity contribution in [3.8, 4) is 0 Å². The zero-order valence-corrected chi connectivity index (χ0v) is 9.26. The van der Waals surface area contributed by atoms with Crippen LogP contribution in [0.3, 0.4) is 0 Å². The van der Waals surface area contributed by atoms with Crippen LogP contribution in [0.25, 0.3) is 0 Å². The maximum atomic E-state index is 9.68. The molecule has 0 aromatic carbocycles. The summed E-state index contributed by atoms with van der Waals surface area (Å²) in [5, 5.41) is 15.3. The van der Waals surface area contributed by atoms with Gasteiger partial charge in [-0.15, -0.1) is 11.3 Å². The van der Waals surface area contributed by atoms with Crippen LogP contribution in [0.5, 0.6) is 0 Å². The first kappa shape index (κ1) is 10.1. The highest BCUT2D eigenvalue weighted by Crippen LogP contribution is 2.24. The van der Waals surface area contributed by atoms with Gasteiger partial charge in [-0.1, -0.05) is 6.07 Å². The predicted molar refractivity (Wildman–Crippen MR) is 59.5 cm³/mol.